The first kappa shape index (κ1) is 17.8. The number of nitrogens with two attached hydrogens (primary N) is 1. The van der Waals surface area contributed by atoms with Crippen molar-refractivity contribution in [3.05, 3.63) is 0 Å². The molecule has 1 atom stereocenters. The Bertz CT molecular complexity index is 258. The maximum absolute atomic E-state index is 11.6. The third kappa shape index (κ3) is 5.64. The van der Waals surface area contributed by atoms with Gasteiger partial charge in [0.2, 0.25) is 0 Å². The monoisotopic (exact) mass is 290 g/mol. The first-order chi connectivity index (χ1) is 8.01. The summed E-state index contributed by atoms with van der Waals surface area (Å²) < 4.78 is 2.37. The van der Waals surface area contributed by atoms with E-state index in [0.29, 0.717) is 6.54 Å². The predicted molar refractivity (Wildman–Crippen MR) is 82.9 cm³/mol. The molecule has 0 spiro atoms. The summed E-state index contributed by atoms with van der Waals surface area (Å²) in [6.45, 7) is 14.1. The van der Waals surface area contributed by atoms with Crippen LogP contribution in [0.2, 0.25) is 39.3 Å². The third-order valence-corrected chi connectivity index (χ3v) is 10.5. The maximum atomic E-state index is 11.6. The summed E-state index contributed by atoms with van der Waals surface area (Å²) in [5.74, 6) is -0.670. The van der Waals surface area contributed by atoms with Gasteiger partial charge in [-0.25, -0.2) is 0 Å². The fourth-order valence-electron chi connectivity index (χ4n) is 2.79. The average Bonchev–Trinajstić information content (AvgIpc) is 2.11. The lowest BCUT2D eigenvalue weighted by Crippen LogP contribution is -2.65. The average molecular weight is 291 g/mol. The molecule has 0 aromatic rings. The second-order valence-corrected chi connectivity index (χ2v) is 16.9. The van der Waals surface area contributed by atoms with Crippen LogP contribution in [0.5, 0.6) is 0 Å². The standard InChI is InChI=1S/C12H30N2O2Si2/c1-17(2,3)14(18(4,5)6)11(12(15)16)9-7-8-10-13/h11H,7-10,13H2,1-6H3,(H,15,16)/t11-/m0/s1. The number of aliphatic carboxylic acids is 1. The number of carbonyl (C=O) groups is 1. The van der Waals surface area contributed by atoms with Crippen LogP contribution in [0.15, 0.2) is 0 Å². The van der Waals surface area contributed by atoms with E-state index in [4.69, 9.17) is 5.73 Å². The Labute approximate surface area is 114 Å². The van der Waals surface area contributed by atoms with E-state index in [1.54, 1.807) is 0 Å². The van der Waals surface area contributed by atoms with Crippen LogP contribution in [-0.2, 0) is 4.79 Å². The molecular weight excluding hydrogens is 260 g/mol. The van der Waals surface area contributed by atoms with E-state index < -0.39 is 22.4 Å². The summed E-state index contributed by atoms with van der Waals surface area (Å²) in [6, 6.07) is -0.324. The molecule has 0 heterocycles. The summed E-state index contributed by atoms with van der Waals surface area (Å²) in [6.07, 6.45) is 2.54. The lowest BCUT2D eigenvalue weighted by atomic mass is 10.1. The van der Waals surface area contributed by atoms with Gasteiger partial charge in [0, 0.05) is 0 Å². The van der Waals surface area contributed by atoms with Gasteiger partial charge in [0.25, 0.3) is 0 Å². The third-order valence-electron chi connectivity index (χ3n) is 2.97. The molecule has 0 radical (unpaired) electrons. The number of nitrogens with zero attached hydrogens (tertiary/aromatic N) is 1. The molecule has 108 valence electrons. The van der Waals surface area contributed by atoms with Crippen LogP contribution in [0, 0.1) is 0 Å². The highest BCUT2D eigenvalue weighted by molar-refractivity contribution is 6.89. The molecule has 0 aromatic carbocycles. The number of carboxylic acids is 1. The van der Waals surface area contributed by atoms with Crippen LogP contribution in [0.1, 0.15) is 19.3 Å². The molecule has 0 saturated heterocycles. The van der Waals surface area contributed by atoms with E-state index in [1.807, 2.05) is 0 Å². The minimum atomic E-state index is -1.63. The smallest absolute Gasteiger partial charge is 0.319 e. The van der Waals surface area contributed by atoms with Gasteiger partial charge in [-0.2, -0.15) is 0 Å². The van der Waals surface area contributed by atoms with Crippen molar-refractivity contribution in [2.24, 2.45) is 5.73 Å². The van der Waals surface area contributed by atoms with Crippen molar-refractivity contribution in [3.63, 3.8) is 0 Å². The fraction of sp³-hybridized carbons (Fsp3) is 0.917. The Morgan fingerprint density at radius 3 is 1.83 bits per heavy atom. The minimum Gasteiger partial charge on any atom is -0.480 e. The molecule has 0 bridgehead atoms. The molecule has 0 rings (SSSR count). The first-order valence-electron chi connectivity index (χ1n) is 6.74. The highest BCUT2D eigenvalue weighted by Crippen LogP contribution is 2.25. The predicted octanol–water partition coefficient (Wildman–Crippen LogP) is 2.54. The van der Waals surface area contributed by atoms with Crippen molar-refractivity contribution in [2.45, 2.75) is 64.6 Å². The molecule has 0 aliphatic rings. The van der Waals surface area contributed by atoms with E-state index >= 15 is 0 Å². The lowest BCUT2D eigenvalue weighted by Gasteiger charge is -2.47. The van der Waals surface area contributed by atoms with Crippen molar-refractivity contribution in [1.82, 2.24) is 4.23 Å². The van der Waals surface area contributed by atoms with Gasteiger partial charge in [-0.1, -0.05) is 45.7 Å². The Kier molecular flexibility index (Phi) is 6.77. The summed E-state index contributed by atoms with van der Waals surface area (Å²) >= 11 is 0. The number of carboxylic acid groups (broad SMARTS) is 1. The highest BCUT2D eigenvalue weighted by Gasteiger charge is 2.41. The largest absolute Gasteiger partial charge is 0.480 e. The molecule has 0 saturated carbocycles. The van der Waals surface area contributed by atoms with Gasteiger partial charge in [-0.05, 0) is 19.4 Å². The Morgan fingerprint density at radius 1 is 1.11 bits per heavy atom. The molecule has 18 heavy (non-hydrogen) atoms. The van der Waals surface area contributed by atoms with Crippen LogP contribution in [0.4, 0.5) is 0 Å². The maximum Gasteiger partial charge on any atom is 0.319 e. The number of unbranched alkanes of at least 4 members (excludes halogenated alkanes) is 1. The second-order valence-electron chi connectivity index (χ2n) is 6.85. The number of rotatable bonds is 8. The Morgan fingerprint density at radius 2 is 1.56 bits per heavy atom. The zero-order valence-corrected chi connectivity index (χ0v) is 14.8. The number of hydrogen-bond donors (Lipinski definition) is 2. The van der Waals surface area contributed by atoms with Gasteiger partial charge in [0.15, 0.2) is 0 Å². The van der Waals surface area contributed by atoms with Gasteiger partial charge in [-0.3, -0.25) is 4.79 Å². The van der Waals surface area contributed by atoms with Crippen molar-refractivity contribution in [2.75, 3.05) is 6.54 Å². The second kappa shape index (κ2) is 6.84. The minimum absolute atomic E-state index is 0.324. The van der Waals surface area contributed by atoms with E-state index in [0.717, 1.165) is 19.3 Å². The van der Waals surface area contributed by atoms with Gasteiger partial charge in [-0.15, -0.1) is 0 Å². The van der Waals surface area contributed by atoms with Gasteiger partial charge >= 0.3 is 5.97 Å². The van der Waals surface area contributed by atoms with Gasteiger partial charge < -0.3 is 15.1 Å². The molecule has 0 amide bonds. The molecule has 0 aliphatic heterocycles. The molecule has 0 aromatic heterocycles. The van der Waals surface area contributed by atoms with Crippen LogP contribution >= 0.6 is 0 Å². The summed E-state index contributed by atoms with van der Waals surface area (Å²) in [5.41, 5.74) is 5.49. The van der Waals surface area contributed by atoms with Crippen molar-refractivity contribution in [3.8, 4) is 0 Å². The van der Waals surface area contributed by atoms with Crippen LogP contribution < -0.4 is 5.73 Å². The van der Waals surface area contributed by atoms with Crippen LogP contribution in [0.25, 0.3) is 0 Å². The zero-order valence-electron chi connectivity index (χ0n) is 12.8. The number of hydrogen-bond acceptors (Lipinski definition) is 3. The molecule has 0 fully saturated rings. The molecule has 6 heteroatoms. The van der Waals surface area contributed by atoms with Gasteiger partial charge in [0.1, 0.15) is 16.5 Å². The molecule has 4 nitrogen and oxygen atoms in total. The molecular formula is C12H30N2O2Si2. The van der Waals surface area contributed by atoms with Crippen LogP contribution in [0.3, 0.4) is 0 Å². The molecule has 3 N–H and O–H groups in total. The van der Waals surface area contributed by atoms with E-state index in [9.17, 15) is 9.90 Å². The molecule has 0 aliphatic carbocycles. The quantitative estimate of drug-likeness (QED) is 0.532. The van der Waals surface area contributed by atoms with E-state index in [1.165, 1.54) is 0 Å². The Balaban J connectivity index is 5.07. The normalized spacial score (nSPS) is 14.9. The van der Waals surface area contributed by atoms with Gasteiger partial charge in [0.05, 0.1) is 6.04 Å². The van der Waals surface area contributed by atoms with E-state index in [-0.39, 0.29) is 6.04 Å². The van der Waals surface area contributed by atoms with Crippen molar-refractivity contribution in [1.29, 1.82) is 0 Å². The topological polar surface area (TPSA) is 66.6 Å². The summed E-state index contributed by atoms with van der Waals surface area (Å²) in [7, 11) is -3.25. The van der Waals surface area contributed by atoms with E-state index in [2.05, 4.69) is 43.5 Å². The van der Waals surface area contributed by atoms with Crippen molar-refractivity contribution >= 4 is 22.4 Å². The van der Waals surface area contributed by atoms with Crippen LogP contribution in [-0.4, -0.2) is 44.4 Å². The SMILES string of the molecule is C[Si](C)(C)N([C@@H](CCCCN)C(=O)O)[Si](C)(C)C. The fourth-order valence-corrected chi connectivity index (χ4v) is 13.2. The summed E-state index contributed by atoms with van der Waals surface area (Å²) in [4.78, 5) is 11.6. The lowest BCUT2D eigenvalue weighted by molar-refractivity contribution is -0.140. The first-order valence-corrected chi connectivity index (χ1v) is 13.6. The summed E-state index contributed by atoms with van der Waals surface area (Å²) in [5, 5.41) is 9.54. The Hall–Kier alpha value is -0.176. The van der Waals surface area contributed by atoms with Crippen molar-refractivity contribution < 1.29 is 9.90 Å². The highest BCUT2D eigenvalue weighted by atomic mass is 28.4. The zero-order chi connectivity index (χ0) is 14.6. The molecule has 0 unspecified atom stereocenters.